The van der Waals surface area contributed by atoms with Crippen LogP contribution in [-0.4, -0.2) is 29.4 Å². The van der Waals surface area contributed by atoms with E-state index >= 15 is 0 Å². The van der Waals surface area contributed by atoms with Gasteiger partial charge < -0.3 is 9.47 Å². The Labute approximate surface area is 142 Å². The molecule has 9 nitrogen and oxygen atoms in total. The number of ether oxygens (including phenoxy) is 2. The summed E-state index contributed by atoms with van der Waals surface area (Å²) in [6.45, 7) is 2.03. The summed E-state index contributed by atoms with van der Waals surface area (Å²) in [6, 6.07) is 10.2. The van der Waals surface area contributed by atoms with Crippen molar-refractivity contribution < 1.29 is 19.4 Å². The van der Waals surface area contributed by atoms with Crippen molar-refractivity contribution >= 4 is 11.5 Å². The Morgan fingerprint density at radius 2 is 2.20 bits per heavy atom. The molecule has 1 saturated carbocycles. The molecule has 2 aliphatic heterocycles. The first kappa shape index (κ1) is 15.5. The molecule has 1 aromatic rings. The minimum absolute atomic E-state index is 0.0853. The fraction of sp³-hybridized carbons (Fsp3) is 0.438. The minimum Gasteiger partial charge on any atom is -0.311 e. The van der Waals surface area contributed by atoms with Crippen LogP contribution in [0.5, 0.6) is 0 Å². The van der Waals surface area contributed by atoms with Crippen LogP contribution < -0.4 is 10.7 Å². The van der Waals surface area contributed by atoms with Crippen molar-refractivity contribution in [3.05, 3.63) is 39.9 Å². The van der Waals surface area contributed by atoms with Crippen molar-refractivity contribution in [3.8, 4) is 12.1 Å². The normalized spacial score (nSPS) is 40.8. The number of rotatable bonds is 2. The highest BCUT2D eigenvalue weighted by Gasteiger charge is 2.97. The third-order valence-corrected chi connectivity index (χ3v) is 5.30. The van der Waals surface area contributed by atoms with E-state index in [1.807, 2.05) is 0 Å². The van der Waals surface area contributed by atoms with Crippen LogP contribution in [0.15, 0.2) is 24.3 Å². The number of nitrogens with zero attached hydrogens (tertiary/aromatic N) is 3. The Morgan fingerprint density at radius 1 is 1.44 bits per heavy atom. The first-order chi connectivity index (χ1) is 11.9. The molecule has 2 fully saturated rings. The zero-order chi connectivity index (χ0) is 18.0. The highest BCUT2D eigenvalue weighted by atomic mass is 16.8. The number of hydrogen-bond acceptors (Lipinski definition) is 7. The molecule has 0 unspecified atom stereocenters. The second-order valence-electron chi connectivity index (χ2n) is 6.52. The topological polar surface area (TPSA) is 149 Å². The molecule has 0 aromatic heterocycles. The van der Waals surface area contributed by atoms with Gasteiger partial charge in [0.2, 0.25) is 0 Å². The van der Waals surface area contributed by atoms with Crippen molar-refractivity contribution in [1.82, 2.24) is 0 Å². The van der Waals surface area contributed by atoms with Gasteiger partial charge in [0.05, 0.1) is 29.8 Å². The van der Waals surface area contributed by atoms with Crippen LogP contribution in [0, 0.1) is 43.6 Å². The minimum atomic E-state index is -1.53. The third-order valence-electron chi connectivity index (χ3n) is 5.30. The van der Waals surface area contributed by atoms with Crippen LogP contribution in [0.1, 0.15) is 18.4 Å². The van der Waals surface area contributed by atoms with Crippen LogP contribution in [-0.2, 0) is 9.47 Å². The van der Waals surface area contributed by atoms with Crippen molar-refractivity contribution in [1.29, 1.82) is 10.5 Å². The lowest BCUT2D eigenvalue weighted by Crippen LogP contribution is -2.90. The van der Waals surface area contributed by atoms with Crippen LogP contribution in [0.2, 0.25) is 0 Å². The van der Waals surface area contributed by atoms with E-state index in [1.54, 1.807) is 13.0 Å². The number of nitro groups is 1. The highest BCUT2D eigenvalue weighted by molar-refractivity contribution is 5.95. The monoisotopic (exact) mass is 340 g/mol. The average Bonchev–Trinajstić information content (AvgIpc) is 2.99. The number of fused-ring (bicyclic) bond motifs is 2. The van der Waals surface area contributed by atoms with E-state index in [4.69, 9.17) is 15.2 Å². The summed E-state index contributed by atoms with van der Waals surface area (Å²) < 4.78 is 11.6. The smallest absolute Gasteiger partial charge is 0.311 e. The lowest BCUT2D eigenvalue weighted by Gasteiger charge is -2.23. The Balaban J connectivity index is 1.90. The number of non-ortho nitro benzene ring substituents is 1. The molecule has 126 valence electrons. The van der Waals surface area contributed by atoms with Gasteiger partial charge in [0.1, 0.15) is 0 Å². The maximum absolute atomic E-state index is 11.1. The largest absolute Gasteiger partial charge is 0.343 e. The van der Waals surface area contributed by atoms with Crippen molar-refractivity contribution in [2.45, 2.75) is 24.9 Å². The Hall–Kier alpha value is -3.01. The number of nitrogens with one attached hydrogen (secondary N) is 1. The van der Waals surface area contributed by atoms with Gasteiger partial charge in [-0.25, -0.2) is 4.99 Å². The van der Waals surface area contributed by atoms with Crippen molar-refractivity contribution in [3.63, 3.8) is 0 Å². The summed E-state index contributed by atoms with van der Waals surface area (Å²) in [5.74, 6) is -2.14. The van der Waals surface area contributed by atoms with Crippen LogP contribution in [0.4, 0.5) is 5.69 Å². The Kier molecular flexibility index (Phi) is 2.82. The number of benzene rings is 1. The molecular formula is C16H14N5O4+. The van der Waals surface area contributed by atoms with E-state index in [0.717, 1.165) is 0 Å². The van der Waals surface area contributed by atoms with Gasteiger partial charge in [-0.15, -0.1) is 0 Å². The zero-order valence-electron chi connectivity index (χ0n) is 13.2. The van der Waals surface area contributed by atoms with E-state index < -0.39 is 27.6 Å². The molecule has 0 amide bonds. The molecule has 1 saturated heterocycles. The van der Waals surface area contributed by atoms with E-state index in [9.17, 15) is 20.6 Å². The molecule has 4 rings (SSSR count). The number of nitrogens with two attached hydrogens (primary N) is 1. The van der Waals surface area contributed by atoms with Crippen molar-refractivity contribution in [2.75, 3.05) is 6.61 Å². The maximum Gasteiger partial charge on any atom is 0.343 e. The first-order valence-electron chi connectivity index (χ1n) is 7.68. The first-order valence-corrected chi connectivity index (χ1v) is 7.68. The Bertz CT molecular complexity index is 918. The molecule has 0 bridgehead atoms. The van der Waals surface area contributed by atoms with Crippen LogP contribution in [0.25, 0.3) is 0 Å². The van der Waals surface area contributed by atoms with Gasteiger partial charge in [-0.05, 0) is 12.5 Å². The van der Waals surface area contributed by atoms with E-state index in [2.05, 4.69) is 17.1 Å². The number of hydrogen-bond donors (Lipinski definition) is 2. The molecular weight excluding hydrogens is 326 g/mol. The molecule has 0 radical (unpaired) electrons. The molecule has 2 heterocycles. The van der Waals surface area contributed by atoms with E-state index in [-0.39, 0.29) is 24.2 Å². The summed E-state index contributed by atoms with van der Waals surface area (Å²) in [7, 11) is 0. The molecule has 25 heavy (non-hydrogen) atoms. The maximum atomic E-state index is 11.1. The fourth-order valence-electron chi connectivity index (χ4n) is 4.28. The quantitative estimate of drug-likeness (QED) is 0.531. The molecule has 3 N–H and O–H groups in total. The van der Waals surface area contributed by atoms with Crippen LogP contribution >= 0.6 is 0 Å². The molecule has 5 atom stereocenters. The molecule has 3 aliphatic rings. The summed E-state index contributed by atoms with van der Waals surface area (Å²) in [6.07, 6.45) is -0.286. The summed E-state index contributed by atoms with van der Waals surface area (Å²) >= 11 is 0. The molecule has 1 aliphatic carbocycles. The molecule has 1 aromatic carbocycles. The van der Waals surface area contributed by atoms with Gasteiger partial charge in [-0.2, -0.15) is 10.5 Å². The predicted octanol–water partition coefficient (Wildman–Crippen LogP) is -0.748. The lowest BCUT2D eigenvalue weighted by molar-refractivity contribution is -0.677. The molecule has 1 spiro atoms. The third kappa shape index (κ3) is 1.50. The van der Waals surface area contributed by atoms with Crippen molar-refractivity contribution in [2.24, 2.45) is 16.6 Å². The van der Waals surface area contributed by atoms with Gasteiger partial charge in [0.25, 0.3) is 11.5 Å². The SMILES string of the molecule is C[C@@H]1CO[C@]2([NH+]=C(N)[C@@]3(C#N)[C@@H](c4cccc([N+](=O)[O-])c4)[C@@]23C#N)O1. The zero-order valence-corrected chi connectivity index (χ0v) is 13.2. The molecule has 9 heteroatoms. The summed E-state index contributed by atoms with van der Waals surface area (Å²) in [5.41, 5.74) is 3.66. The predicted molar refractivity (Wildman–Crippen MR) is 81.3 cm³/mol. The van der Waals surface area contributed by atoms with Gasteiger partial charge in [0.15, 0.2) is 10.8 Å². The summed E-state index contributed by atoms with van der Waals surface area (Å²) in [5, 5.41) is 30.9. The number of nitro benzene ring substituents is 1. The number of nitriles is 2. The Morgan fingerprint density at radius 3 is 2.76 bits per heavy atom. The standard InChI is InChI=1S/C16H13N5O4/c1-9-6-24-16(25-9)15(8-18)12(14(15,7-17)13(19)20-16)10-3-2-4-11(5-10)21(22)23/h2-5,9,12H,6H2,1H3,(H2,19,20)/p+1/t9-,12-,14-,15-,16+/m1/s1. The van der Waals surface area contributed by atoms with Gasteiger partial charge in [-0.1, -0.05) is 12.1 Å². The number of amidine groups is 1. The lowest BCUT2D eigenvalue weighted by atomic mass is 9.94. The van der Waals surface area contributed by atoms with Gasteiger partial charge in [-0.3, -0.25) is 15.8 Å². The fourth-order valence-corrected chi connectivity index (χ4v) is 4.28. The average molecular weight is 340 g/mol. The highest BCUT2D eigenvalue weighted by Crippen LogP contribution is 2.79. The second-order valence-corrected chi connectivity index (χ2v) is 6.52. The van der Waals surface area contributed by atoms with Crippen LogP contribution in [0.3, 0.4) is 0 Å². The summed E-state index contributed by atoms with van der Waals surface area (Å²) in [4.78, 5) is 13.4. The van der Waals surface area contributed by atoms with E-state index in [0.29, 0.717) is 5.56 Å². The van der Waals surface area contributed by atoms with E-state index in [1.165, 1.54) is 18.2 Å². The van der Waals surface area contributed by atoms with Gasteiger partial charge >= 0.3 is 5.91 Å². The second kappa shape index (κ2) is 4.54. The van der Waals surface area contributed by atoms with Gasteiger partial charge in [0, 0.05) is 18.1 Å².